The minimum atomic E-state index is -3.80. The lowest BCUT2D eigenvalue weighted by atomic mass is 10.2. The standard InChI is InChI=1S/C13H16N4O2S/c14-11-1-2-12(13(9-11)20(15,18)19)17-8-5-10-3-6-16-7-4-10/h1-4,6-7,9,17H,5,8,14H2,(H2,15,18,19). The number of nitrogens with two attached hydrogens (primary N) is 2. The lowest BCUT2D eigenvalue weighted by Gasteiger charge is -2.11. The Balaban J connectivity index is 2.10. The molecular formula is C13H16N4O2S. The Bertz CT molecular complexity index is 687. The van der Waals surface area contributed by atoms with Crippen LogP contribution in [-0.4, -0.2) is 19.9 Å². The van der Waals surface area contributed by atoms with E-state index in [4.69, 9.17) is 10.9 Å². The zero-order valence-electron chi connectivity index (χ0n) is 10.8. The number of hydrogen-bond acceptors (Lipinski definition) is 5. The van der Waals surface area contributed by atoms with Crippen molar-refractivity contribution in [3.63, 3.8) is 0 Å². The Morgan fingerprint density at radius 1 is 1.15 bits per heavy atom. The number of anilines is 2. The molecule has 1 aromatic heterocycles. The Hall–Kier alpha value is -2.12. The van der Waals surface area contributed by atoms with Crippen LogP contribution in [0.5, 0.6) is 0 Å². The summed E-state index contributed by atoms with van der Waals surface area (Å²) in [4.78, 5) is 3.94. The maximum absolute atomic E-state index is 11.5. The highest BCUT2D eigenvalue weighted by Gasteiger charge is 2.14. The van der Waals surface area contributed by atoms with Crippen LogP contribution in [-0.2, 0) is 16.4 Å². The molecule has 0 aliphatic carbocycles. The second-order valence-electron chi connectivity index (χ2n) is 4.33. The van der Waals surface area contributed by atoms with Gasteiger partial charge in [0.05, 0.1) is 5.69 Å². The van der Waals surface area contributed by atoms with Crippen molar-refractivity contribution in [3.05, 3.63) is 48.3 Å². The second-order valence-corrected chi connectivity index (χ2v) is 5.86. The van der Waals surface area contributed by atoms with Crippen molar-refractivity contribution in [2.45, 2.75) is 11.3 Å². The van der Waals surface area contributed by atoms with Gasteiger partial charge in [0.2, 0.25) is 10.0 Å². The van der Waals surface area contributed by atoms with Gasteiger partial charge in [-0.2, -0.15) is 0 Å². The Morgan fingerprint density at radius 2 is 1.85 bits per heavy atom. The van der Waals surface area contributed by atoms with E-state index >= 15 is 0 Å². The predicted molar refractivity (Wildman–Crippen MR) is 78.7 cm³/mol. The van der Waals surface area contributed by atoms with Crippen LogP contribution in [0.4, 0.5) is 11.4 Å². The second kappa shape index (κ2) is 5.89. The molecule has 0 atom stereocenters. The summed E-state index contributed by atoms with van der Waals surface area (Å²) in [6, 6.07) is 8.41. The maximum atomic E-state index is 11.5. The first kappa shape index (κ1) is 14.3. The van der Waals surface area contributed by atoms with Gasteiger partial charge in [0, 0.05) is 24.6 Å². The molecule has 7 heteroatoms. The molecule has 0 unspecified atom stereocenters. The fourth-order valence-corrected chi connectivity index (χ4v) is 2.56. The summed E-state index contributed by atoms with van der Waals surface area (Å²) >= 11 is 0. The van der Waals surface area contributed by atoms with E-state index in [2.05, 4.69) is 10.3 Å². The summed E-state index contributed by atoms with van der Waals surface area (Å²) in [5.74, 6) is 0. The average Bonchev–Trinajstić information content (AvgIpc) is 2.40. The van der Waals surface area contributed by atoms with Crippen molar-refractivity contribution < 1.29 is 8.42 Å². The number of rotatable bonds is 5. The molecule has 1 heterocycles. The number of aromatic nitrogens is 1. The molecule has 0 bridgehead atoms. The van der Waals surface area contributed by atoms with Crippen molar-refractivity contribution in [2.24, 2.45) is 5.14 Å². The zero-order valence-corrected chi connectivity index (χ0v) is 11.6. The number of hydrogen-bond donors (Lipinski definition) is 3. The molecule has 2 rings (SSSR count). The van der Waals surface area contributed by atoms with Gasteiger partial charge in [-0.3, -0.25) is 4.98 Å². The van der Waals surface area contributed by atoms with E-state index in [1.807, 2.05) is 12.1 Å². The molecular weight excluding hydrogens is 276 g/mol. The van der Waals surface area contributed by atoms with Crippen molar-refractivity contribution in [1.82, 2.24) is 4.98 Å². The molecule has 0 fully saturated rings. The molecule has 1 aromatic carbocycles. The lowest BCUT2D eigenvalue weighted by Crippen LogP contribution is -2.16. The first-order valence-electron chi connectivity index (χ1n) is 6.02. The topological polar surface area (TPSA) is 111 Å². The molecule has 6 nitrogen and oxygen atoms in total. The Morgan fingerprint density at radius 3 is 2.50 bits per heavy atom. The van der Waals surface area contributed by atoms with E-state index < -0.39 is 10.0 Å². The van der Waals surface area contributed by atoms with E-state index in [1.54, 1.807) is 24.5 Å². The van der Waals surface area contributed by atoms with Gasteiger partial charge in [-0.25, -0.2) is 13.6 Å². The quantitative estimate of drug-likeness (QED) is 0.711. The number of sulfonamides is 1. The van der Waals surface area contributed by atoms with Crippen molar-refractivity contribution in [2.75, 3.05) is 17.6 Å². The van der Waals surface area contributed by atoms with Gasteiger partial charge in [0.25, 0.3) is 0 Å². The molecule has 0 saturated heterocycles. The molecule has 2 aromatic rings. The van der Waals surface area contributed by atoms with E-state index in [1.165, 1.54) is 6.07 Å². The maximum Gasteiger partial charge on any atom is 0.240 e. The highest BCUT2D eigenvalue weighted by Crippen LogP contribution is 2.22. The number of pyridine rings is 1. The van der Waals surface area contributed by atoms with Crippen molar-refractivity contribution in [3.8, 4) is 0 Å². The smallest absolute Gasteiger partial charge is 0.240 e. The van der Waals surface area contributed by atoms with Gasteiger partial charge >= 0.3 is 0 Å². The minimum Gasteiger partial charge on any atom is -0.399 e. The summed E-state index contributed by atoms with van der Waals surface area (Å²) in [5.41, 5.74) is 7.51. The molecule has 20 heavy (non-hydrogen) atoms. The summed E-state index contributed by atoms with van der Waals surface area (Å²) in [5, 5.41) is 8.24. The minimum absolute atomic E-state index is 0.00669. The summed E-state index contributed by atoms with van der Waals surface area (Å²) in [6.45, 7) is 0.580. The molecule has 5 N–H and O–H groups in total. The largest absolute Gasteiger partial charge is 0.399 e. The van der Waals surface area contributed by atoms with Crippen LogP contribution in [0.15, 0.2) is 47.6 Å². The van der Waals surface area contributed by atoms with E-state index in [9.17, 15) is 8.42 Å². The van der Waals surface area contributed by atoms with Crippen LogP contribution < -0.4 is 16.2 Å². The average molecular weight is 292 g/mol. The third-order valence-corrected chi connectivity index (χ3v) is 3.74. The van der Waals surface area contributed by atoms with E-state index in [-0.39, 0.29) is 4.90 Å². The molecule has 0 aliphatic rings. The SMILES string of the molecule is Nc1ccc(NCCc2ccncc2)c(S(N)(=O)=O)c1. The Labute approximate surface area is 117 Å². The highest BCUT2D eigenvalue weighted by molar-refractivity contribution is 7.89. The number of primary sulfonamides is 1. The molecule has 106 valence electrons. The monoisotopic (exact) mass is 292 g/mol. The summed E-state index contributed by atoms with van der Waals surface area (Å²) < 4.78 is 23.0. The van der Waals surface area contributed by atoms with Gasteiger partial charge in [-0.1, -0.05) is 0 Å². The normalized spacial score (nSPS) is 11.2. The van der Waals surface area contributed by atoms with Gasteiger partial charge in [-0.05, 0) is 42.3 Å². The number of benzene rings is 1. The lowest BCUT2D eigenvalue weighted by molar-refractivity contribution is 0.598. The number of nitrogen functional groups attached to an aromatic ring is 1. The third-order valence-electron chi connectivity index (χ3n) is 2.79. The number of nitrogens with zero attached hydrogens (tertiary/aromatic N) is 1. The molecule has 0 aliphatic heterocycles. The van der Waals surface area contributed by atoms with Gasteiger partial charge in [-0.15, -0.1) is 0 Å². The number of nitrogens with one attached hydrogen (secondary N) is 1. The van der Waals surface area contributed by atoms with Crippen molar-refractivity contribution in [1.29, 1.82) is 0 Å². The summed E-state index contributed by atoms with van der Waals surface area (Å²) in [7, 11) is -3.80. The van der Waals surface area contributed by atoms with Gasteiger partial charge < -0.3 is 11.1 Å². The van der Waals surface area contributed by atoms with Crippen LogP contribution in [0.2, 0.25) is 0 Å². The fourth-order valence-electron chi connectivity index (χ4n) is 1.81. The van der Waals surface area contributed by atoms with Crippen LogP contribution >= 0.6 is 0 Å². The van der Waals surface area contributed by atoms with Crippen molar-refractivity contribution >= 4 is 21.4 Å². The predicted octanol–water partition coefficient (Wildman–Crippen LogP) is 0.966. The summed E-state index contributed by atoms with van der Waals surface area (Å²) in [6.07, 6.45) is 4.18. The molecule has 0 saturated carbocycles. The van der Waals surface area contributed by atoms with Gasteiger partial charge in [0.15, 0.2) is 0 Å². The first-order valence-corrected chi connectivity index (χ1v) is 7.56. The van der Waals surface area contributed by atoms with Gasteiger partial charge in [0.1, 0.15) is 4.90 Å². The molecule has 0 radical (unpaired) electrons. The molecule has 0 spiro atoms. The van der Waals surface area contributed by atoms with Crippen LogP contribution in [0.1, 0.15) is 5.56 Å². The fraction of sp³-hybridized carbons (Fsp3) is 0.154. The van der Waals surface area contributed by atoms with Crippen LogP contribution in [0.3, 0.4) is 0 Å². The van der Waals surface area contributed by atoms with Crippen LogP contribution in [0, 0.1) is 0 Å². The zero-order chi connectivity index (χ0) is 14.6. The highest BCUT2D eigenvalue weighted by atomic mass is 32.2. The van der Waals surface area contributed by atoms with E-state index in [0.29, 0.717) is 17.9 Å². The third kappa shape index (κ3) is 3.69. The Kier molecular flexibility index (Phi) is 4.21. The van der Waals surface area contributed by atoms with Crippen LogP contribution in [0.25, 0.3) is 0 Å². The van der Waals surface area contributed by atoms with E-state index in [0.717, 1.165) is 12.0 Å². The molecule has 0 amide bonds. The first-order chi connectivity index (χ1) is 9.47.